The number of aryl methyl sites for hydroxylation is 2. The van der Waals surface area contributed by atoms with Crippen molar-refractivity contribution < 1.29 is 14.6 Å². The number of hydrogen-bond acceptors (Lipinski definition) is 5. The summed E-state index contributed by atoms with van der Waals surface area (Å²) in [5.74, 6) is -0.154. The SMILES string of the molecule is Cc1ccnc(-c2cncnc2)c1-c1cccc2c(CCCOc3cccc4ccccc34)c(C(=O)O)[nH]c12. The molecule has 0 amide bonds. The molecule has 3 heterocycles. The normalized spacial score (nSPS) is 11.2. The van der Waals surface area contributed by atoms with Crippen molar-refractivity contribution in [2.24, 2.45) is 0 Å². The highest BCUT2D eigenvalue weighted by atomic mass is 16.5. The number of aromatic nitrogens is 4. The first-order valence-electron chi connectivity index (χ1n) is 12.8. The number of H-pyrrole nitrogens is 1. The number of aromatic amines is 1. The van der Waals surface area contributed by atoms with E-state index in [1.54, 1.807) is 18.6 Å². The van der Waals surface area contributed by atoms with Crippen LogP contribution in [0, 0.1) is 6.92 Å². The lowest BCUT2D eigenvalue weighted by Gasteiger charge is -2.13. The summed E-state index contributed by atoms with van der Waals surface area (Å²) in [6, 6.07) is 22.0. The van der Waals surface area contributed by atoms with Crippen LogP contribution in [0.15, 0.2) is 91.6 Å². The molecule has 3 aromatic heterocycles. The highest BCUT2D eigenvalue weighted by Crippen LogP contribution is 2.38. The molecule has 6 rings (SSSR count). The van der Waals surface area contributed by atoms with Crippen LogP contribution >= 0.6 is 0 Å². The van der Waals surface area contributed by atoms with Crippen LogP contribution in [-0.2, 0) is 6.42 Å². The van der Waals surface area contributed by atoms with Gasteiger partial charge in [0.15, 0.2) is 0 Å². The number of pyridine rings is 1. The number of carbonyl (C=O) groups is 1. The zero-order valence-electron chi connectivity index (χ0n) is 21.4. The van der Waals surface area contributed by atoms with Crippen molar-refractivity contribution in [1.82, 2.24) is 19.9 Å². The minimum atomic E-state index is -0.985. The molecule has 0 aliphatic rings. The molecule has 192 valence electrons. The standard InChI is InChI=1S/C32H26N4O3/c1-20-14-15-35-29(22-17-33-19-34-18-22)28(20)26-11-5-10-24-25(31(32(37)38)36-30(24)26)12-6-16-39-27-13-4-8-21-7-2-3-9-23(21)27/h2-5,7-11,13-15,17-19,36H,6,12,16H2,1H3,(H,37,38). The van der Waals surface area contributed by atoms with Gasteiger partial charge in [0.2, 0.25) is 0 Å². The summed E-state index contributed by atoms with van der Waals surface area (Å²) in [6.07, 6.45) is 7.94. The molecule has 7 nitrogen and oxygen atoms in total. The van der Waals surface area contributed by atoms with Gasteiger partial charge in [-0.3, -0.25) is 4.98 Å². The van der Waals surface area contributed by atoms with E-state index < -0.39 is 5.97 Å². The Morgan fingerprint density at radius 1 is 0.949 bits per heavy atom. The molecule has 0 aliphatic carbocycles. The molecule has 0 bridgehead atoms. The number of carboxylic acids is 1. The van der Waals surface area contributed by atoms with Gasteiger partial charge in [-0.15, -0.1) is 0 Å². The lowest BCUT2D eigenvalue weighted by atomic mass is 9.94. The lowest BCUT2D eigenvalue weighted by Crippen LogP contribution is -2.04. The van der Waals surface area contributed by atoms with Crippen molar-refractivity contribution in [2.75, 3.05) is 6.61 Å². The van der Waals surface area contributed by atoms with E-state index in [9.17, 15) is 9.90 Å². The Kier molecular flexibility index (Phi) is 6.47. The van der Waals surface area contributed by atoms with Gasteiger partial charge in [-0.25, -0.2) is 14.8 Å². The third-order valence-electron chi connectivity index (χ3n) is 7.00. The number of rotatable bonds is 8. The van der Waals surface area contributed by atoms with Crippen LogP contribution in [-0.4, -0.2) is 37.6 Å². The summed E-state index contributed by atoms with van der Waals surface area (Å²) in [6.45, 7) is 2.50. The number of fused-ring (bicyclic) bond motifs is 2. The second-order valence-electron chi connectivity index (χ2n) is 9.42. The third-order valence-corrected chi connectivity index (χ3v) is 7.00. The summed E-state index contributed by atoms with van der Waals surface area (Å²) >= 11 is 0. The van der Waals surface area contributed by atoms with Gasteiger partial charge < -0.3 is 14.8 Å². The van der Waals surface area contributed by atoms with Gasteiger partial charge in [-0.2, -0.15) is 0 Å². The van der Waals surface area contributed by atoms with E-state index in [1.165, 1.54) is 6.33 Å². The highest BCUT2D eigenvalue weighted by Gasteiger charge is 2.21. The summed E-state index contributed by atoms with van der Waals surface area (Å²) in [4.78, 5) is 28.5. The smallest absolute Gasteiger partial charge is 0.352 e. The van der Waals surface area contributed by atoms with E-state index in [4.69, 9.17) is 4.74 Å². The van der Waals surface area contributed by atoms with Gasteiger partial charge in [0.25, 0.3) is 0 Å². The van der Waals surface area contributed by atoms with Gasteiger partial charge in [0, 0.05) is 46.1 Å². The first kappa shape index (κ1) is 24.3. The lowest BCUT2D eigenvalue weighted by molar-refractivity contribution is 0.0690. The Morgan fingerprint density at radius 3 is 2.56 bits per heavy atom. The Morgan fingerprint density at radius 2 is 1.72 bits per heavy atom. The van der Waals surface area contributed by atoms with Crippen LogP contribution in [0.3, 0.4) is 0 Å². The van der Waals surface area contributed by atoms with Crippen molar-refractivity contribution in [3.8, 4) is 28.1 Å². The van der Waals surface area contributed by atoms with Gasteiger partial charge >= 0.3 is 5.97 Å². The highest BCUT2D eigenvalue weighted by molar-refractivity contribution is 6.05. The van der Waals surface area contributed by atoms with Crippen LogP contribution in [0.2, 0.25) is 0 Å². The Bertz CT molecular complexity index is 1810. The van der Waals surface area contributed by atoms with E-state index in [0.29, 0.717) is 19.4 Å². The second-order valence-corrected chi connectivity index (χ2v) is 9.42. The number of nitrogens with zero attached hydrogens (tertiary/aromatic N) is 3. The molecule has 39 heavy (non-hydrogen) atoms. The number of nitrogens with one attached hydrogen (secondary N) is 1. The zero-order valence-corrected chi connectivity index (χ0v) is 21.4. The van der Waals surface area contributed by atoms with E-state index >= 15 is 0 Å². The third kappa shape index (κ3) is 4.59. The number of benzene rings is 3. The summed E-state index contributed by atoms with van der Waals surface area (Å²) in [7, 11) is 0. The minimum absolute atomic E-state index is 0.203. The van der Waals surface area contributed by atoms with Crippen LogP contribution in [0.1, 0.15) is 28.0 Å². The molecule has 0 fully saturated rings. The van der Waals surface area contributed by atoms with Crippen molar-refractivity contribution in [3.63, 3.8) is 0 Å². The molecule has 0 unspecified atom stereocenters. The van der Waals surface area contributed by atoms with Crippen molar-refractivity contribution >= 4 is 27.6 Å². The predicted octanol–water partition coefficient (Wildman–Crippen LogP) is 6.86. The molecule has 0 saturated carbocycles. The topological polar surface area (TPSA) is 101 Å². The van der Waals surface area contributed by atoms with E-state index in [2.05, 4.69) is 32.1 Å². The molecular weight excluding hydrogens is 488 g/mol. The fourth-order valence-electron chi connectivity index (χ4n) is 5.22. The van der Waals surface area contributed by atoms with E-state index in [-0.39, 0.29) is 5.69 Å². The molecule has 0 radical (unpaired) electrons. The number of para-hydroxylation sites is 1. The minimum Gasteiger partial charge on any atom is -0.493 e. The van der Waals surface area contributed by atoms with Gasteiger partial charge in [-0.1, -0.05) is 54.6 Å². The van der Waals surface area contributed by atoms with Gasteiger partial charge in [-0.05, 0) is 48.4 Å². The fraction of sp³-hybridized carbons (Fsp3) is 0.125. The molecule has 7 heteroatoms. The van der Waals surface area contributed by atoms with Crippen molar-refractivity contribution in [2.45, 2.75) is 19.8 Å². The van der Waals surface area contributed by atoms with Gasteiger partial charge in [0.05, 0.1) is 17.8 Å². The number of carboxylic acid groups (broad SMARTS) is 1. The molecule has 0 spiro atoms. The molecule has 0 atom stereocenters. The fourth-order valence-corrected chi connectivity index (χ4v) is 5.22. The summed E-state index contributed by atoms with van der Waals surface area (Å²) in [5.41, 5.74) is 6.12. The Labute approximate surface area is 225 Å². The molecule has 3 aromatic carbocycles. The number of hydrogen-bond donors (Lipinski definition) is 2. The maximum atomic E-state index is 12.3. The van der Waals surface area contributed by atoms with Crippen LogP contribution in [0.5, 0.6) is 5.75 Å². The molecule has 0 aliphatic heterocycles. The molecule has 6 aromatic rings. The molecule has 0 saturated heterocycles. The predicted molar refractivity (Wildman–Crippen MR) is 152 cm³/mol. The molecular formula is C32H26N4O3. The summed E-state index contributed by atoms with van der Waals surface area (Å²) in [5, 5.41) is 13.1. The van der Waals surface area contributed by atoms with Crippen LogP contribution in [0.25, 0.3) is 44.1 Å². The Hall–Kier alpha value is -5.04. The zero-order chi connectivity index (χ0) is 26.8. The average Bonchev–Trinajstić information content (AvgIpc) is 3.35. The second kappa shape index (κ2) is 10.4. The average molecular weight is 515 g/mol. The maximum absolute atomic E-state index is 12.3. The van der Waals surface area contributed by atoms with Crippen LogP contribution < -0.4 is 4.74 Å². The van der Waals surface area contributed by atoms with Crippen molar-refractivity contribution in [3.05, 3.63) is 108 Å². The molecule has 2 N–H and O–H groups in total. The maximum Gasteiger partial charge on any atom is 0.352 e. The van der Waals surface area contributed by atoms with Gasteiger partial charge in [0.1, 0.15) is 17.8 Å². The van der Waals surface area contributed by atoms with E-state index in [0.717, 1.165) is 60.9 Å². The monoisotopic (exact) mass is 514 g/mol. The summed E-state index contributed by atoms with van der Waals surface area (Å²) < 4.78 is 6.13. The first-order valence-corrected chi connectivity index (χ1v) is 12.8. The Balaban J connectivity index is 1.34. The van der Waals surface area contributed by atoms with Crippen LogP contribution in [0.4, 0.5) is 0 Å². The van der Waals surface area contributed by atoms with E-state index in [1.807, 2.05) is 61.5 Å². The quantitative estimate of drug-likeness (QED) is 0.215. The number of ether oxygens (including phenoxy) is 1. The first-order chi connectivity index (χ1) is 19.1. The van der Waals surface area contributed by atoms with Crippen molar-refractivity contribution in [1.29, 1.82) is 0 Å². The largest absolute Gasteiger partial charge is 0.493 e. The number of aromatic carboxylic acids is 1.